The fraction of sp³-hybridized carbons (Fsp3) is 0.343. The molecule has 1 heterocycles. The summed E-state index contributed by atoms with van der Waals surface area (Å²) in [6.45, 7) is 4.48. The van der Waals surface area contributed by atoms with Crippen molar-refractivity contribution in [1.29, 1.82) is 0 Å². The molecule has 3 aromatic rings. The van der Waals surface area contributed by atoms with E-state index in [0.717, 1.165) is 56.5 Å². The molecule has 46 heavy (non-hydrogen) atoms. The number of nitrogen functional groups attached to an aromatic ring is 1. The number of alkyl halides is 3. The topological polar surface area (TPSA) is 117 Å². The monoisotopic (exact) mass is 635 g/mol. The summed E-state index contributed by atoms with van der Waals surface area (Å²) >= 11 is 0. The number of hydrogen-bond acceptors (Lipinski definition) is 6. The van der Waals surface area contributed by atoms with Gasteiger partial charge in [-0.2, -0.15) is 13.2 Å². The summed E-state index contributed by atoms with van der Waals surface area (Å²) in [5.74, 6) is -0.476. The summed E-state index contributed by atoms with van der Waals surface area (Å²) in [5.41, 5.74) is 7.66. The number of carbonyl (C=O) groups is 3. The molecule has 0 radical (unpaired) electrons. The van der Waals surface area contributed by atoms with Gasteiger partial charge in [-0.05, 0) is 92.9 Å². The van der Waals surface area contributed by atoms with Gasteiger partial charge in [-0.1, -0.05) is 42.8 Å². The van der Waals surface area contributed by atoms with Gasteiger partial charge in [0, 0.05) is 30.8 Å². The number of nitrogens with zero attached hydrogens (tertiary/aromatic N) is 1. The molecule has 0 spiro atoms. The highest BCUT2D eigenvalue weighted by molar-refractivity contribution is 6.03. The first-order valence-electron chi connectivity index (χ1n) is 15.4. The van der Waals surface area contributed by atoms with E-state index in [2.05, 4.69) is 20.9 Å². The van der Waals surface area contributed by atoms with Gasteiger partial charge >= 0.3 is 6.18 Å². The van der Waals surface area contributed by atoms with Crippen molar-refractivity contribution in [2.45, 2.75) is 44.8 Å². The molecule has 244 valence electrons. The summed E-state index contributed by atoms with van der Waals surface area (Å²) in [5, 5.41) is 8.77. The predicted molar refractivity (Wildman–Crippen MR) is 175 cm³/mol. The number of benzene rings is 3. The van der Waals surface area contributed by atoms with Crippen LogP contribution in [0.25, 0.3) is 6.08 Å². The summed E-state index contributed by atoms with van der Waals surface area (Å²) in [7, 11) is 0. The molecular weight excluding hydrogens is 595 g/mol. The Labute approximate surface area is 267 Å². The number of nitrogens with one attached hydrogen (secondary N) is 3. The second-order valence-electron chi connectivity index (χ2n) is 11.5. The molecule has 4 rings (SSSR count). The molecule has 11 heteroatoms. The average Bonchev–Trinajstić information content (AvgIpc) is 3.00. The highest BCUT2D eigenvalue weighted by Crippen LogP contribution is 2.30. The van der Waals surface area contributed by atoms with Crippen molar-refractivity contribution in [1.82, 2.24) is 10.2 Å². The average molecular weight is 636 g/mol. The molecule has 2 amide bonds. The number of ketones is 1. The van der Waals surface area contributed by atoms with Crippen LogP contribution in [0.15, 0.2) is 78.9 Å². The molecule has 0 aliphatic carbocycles. The van der Waals surface area contributed by atoms with Crippen LogP contribution in [0.2, 0.25) is 0 Å². The van der Waals surface area contributed by atoms with E-state index in [0.29, 0.717) is 30.0 Å². The van der Waals surface area contributed by atoms with Crippen LogP contribution in [-0.4, -0.2) is 48.7 Å². The smallest absolute Gasteiger partial charge is 0.397 e. The standard InChI is InChI=1S/C35H40F3N5O3/c1-24(44)26-6-4-5-21-43(22-19-26)23-20-40-33(34(46)41-29-16-14-28(15-17-29)35(36,37)38)27-12-9-25(10-13-27)11-18-32(45)42-31-8-3-2-7-30(31)39/h2-3,7-18,26,33,40H,4-6,19-23,39H2,1H3,(H,41,46)(H,42,45)/b18-11+. The van der Waals surface area contributed by atoms with Gasteiger partial charge in [0.2, 0.25) is 11.8 Å². The normalized spacial score (nSPS) is 16.7. The van der Waals surface area contributed by atoms with E-state index in [-0.39, 0.29) is 23.3 Å². The molecule has 1 saturated heterocycles. The lowest BCUT2D eigenvalue weighted by Crippen LogP contribution is -2.40. The van der Waals surface area contributed by atoms with Gasteiger partial charge in [0.1, 0.15) is 11.8 Å². The Balaban J connectivity index is 1.44. The number of hydrogen-bond donors (Lipinski definition) is 4. The van der Waals surface area contributed by atoms with Crippen LogP contribution < -0.4 is 21.7 Å². The van der Waals surface area contributed by atoms with Crippen molar-refractivity contribution >= 4 is 40.7 Å². The molecule has 3 aromatic carbocycles. The van der Waals surface area contributed by atoms with Gasteiger partial charge in [-0.25, -0.2) is 0 Å². The van der Waals surface area contributed by atoms with Crippen molar-refractivity contribution in [2.24, 2.45) is 5.92 Å². The van der Waals surface area contributed by atoms with Crippen LogP contribution in [0.1, 0.15) is 55.3 Å². The summed E-state index contributed by atoms with van der Waals surface area (Å²) < 4.78 is 39.1. The van der Waals surface area contributed by atoms with Crippen LogP contribution in [0.3, 0.4) is 0 Å². The summed E-state index contributed by atoms with van der Waals surface area (Å²) in [4.78, 5) is 40.1. The maximum absolute atomic E-state index is 13.5. The van der Waals surface area contributed by atoms with E-state index in [1.807, 2.05) is 0 Å². The van der Waals surface area contributed by atoms with Crippen molar-refractivity contribution in [3.63, 3.8) is 0 Å². The quantitative estimate of drug-likeness (QED) is 0.145. The molecule has 2 atom stereocenters. The molecule has 1 aliphatic heterocycles. The molecule has 2 unspecified atom stereocenters. The first-order chi connectivity index (χ1) is 22.0. The van der Waals surface area contributed by atoms with Crippen molar-refractivity contribution in [2.75, 3.05) is 42.5 Å². The van der Waals surface area contributed by atoms with Gasteiger partial charge in [0.25, 0.3) is 0 Å². The lowest BCUT2D eigenvalue weighted by molar-refractivity contribution is -0.137. The third kappa shape index (κ3) is 10.3. The number of para-hydroxylation sites is 2. The molecule has 5 N–H and O–H groups in total. The maximum atomic E-state index is 13.5. The van der Waals surface area contributed by atoms with Crippen molar-refractivity contribution in [3.05, 3.63) is 95.6 Å². The molecule has 0 bridgehead atoms. The summed E-state index contributed by atoms with van der Waals surface area (Å²) in [6.07, 6.45) is 2.26. The second-order valence-corrected chi connectivity index (χ2v) is 11.5. The van der Waals surface area contributed by atoms with Gasteiger partial charge in [0.05, 0.1) is 16.9 Å². The molecule has 8 nitrogen and oxygen atoms in total. The van der Waals surface area contributed by atoms with E-state index >= 15 is 0 Å². The Bertz CT molecular complexity index is 1510. The van der Waals surface area contributed by atoms with Crippen molar-refractivity contribution in [3.8, 4) is 0 Å². The number of Topliss-reactive ketones (excluding diaryl/α,β-unsaturated/α-hetero) is 1. The van der Waals surface area contributed by atoms with Gasteiger partial charge in [0.15, 0.2) is 0 Å². The lowest BCUT2D eigenvalue weighted by atomic mass is 9.93. The number of amides is 2. The number of halogens is 3. The van der Waals surface area contributed by atoms with E-state index in [4.69, 9.17) is 5.73 Å². The van der Waals surface area contributed by atoms with Crippen LogP contribution in [0.4, 0.5) is 30.2 Å². The van der Waals surface area contributed by atoms with Crippen LogP contribution >= 0.6 is 0 Å². The fourth-order valence-corrected chi connectivity index (χ4v) is 5.39. The zero-order chi connectivity index (χ0) is 33.1. The number of carbonyl (C=O) groups excluding carboxylic acids is 3. The molecular formula is C35H40F3N5O3. The van der Waals surface area contributed by atoms with Crippen LogP contribution in [0.5, 0.6) is 0 Å². The predicted octanol–water partition coefficient (Wildman–Crippen LogP) is 6.29. The highest BCUT2D eigenvalue weighted by atomic mass is 19.4. The molecule has 0 saturated carbocycles. The largest absolute Gasteiger partial charge is 0.416 e. The van der Waals surface area contributed by atoms with E-state index in [1.165, 1.54) is 18.2 Å². The fourth-order valence-electron chi connectivity index (χ4n) is 5.39. The second kappa shape index (κ2) is 16.2. The zero-order valence-corrected chi connectivity index (χ0v) is 25.8. The van der Waals surface area contributed by atoms with Crippen LogP contribution in [0, 0.1) is 5.92 Å². The first kappa shape index (κ1) is 34.4. The zero-order valence-electron chi connectivity index (χ0n) is 25.8. The minimum Gasteiger partial charge on any atom is -0.397 e. The molecule has 1 fully saturated rings. The van der Waals surface area contributed by atoms with E-state index in [9.17, 15) is 27.6 Å². The van der Waals surface area contributed by atoms with E-state index in [1.54, 1.807) is 61.5 Å². The molecule has 1 aliphatic rings. The van der Waals surface area contributed by atoms with Gasteiger partial charge in [-0.15, -0.1) is 0 Å². The Morgan fingerprint density at radius 3 is 2.33 bits per heavy atom. The number of rotatable bonds is 11. The van der Waals surface area contributed by atoms with Gasteiger partial charge in [-0.3, -0.25) is 14.4 Å². The molecule has 0 aromatic heterocycles. The maximum Gasteiger partial charge on any atom is 0.416 e. The number of likely N-dealkylation sites (tertiary alicyclic amines) is 1. The Morgan fingerprint density at radius 2 is 1.65 bits per heavy atom. The SMILES string of the molecule is CC(=O)C1CCCCN(CCNC(C(=O)Nc2ccc(C(F)(F)F)cc2)c2ccc(/C=C/C(=O)Nc3ccccc3N)cc2)CC1. The Kier molecular flexibility index (Phi) is 12.1. The minimum atomic E-state index is -4.48. The lowest BCUT2D eigenvalue weighted by Gasteiger charge is -2.28. The first-order valence-corrected chi connectivity index (χ1v) is 15.4. The third-order valence-corrected chi connectivity index (χ3v) is 8.08. The van der Waals surface area contributed by atoms with Crippen LogP contribution in [-0.2, 0) is 20.6 Å². The van der Waals surface area contributed by atoms with Gasteiger partial charge < -0.3 is 26.6 Å². The van der Waals surface area contributed by atoms with E-state index < -0.39 is 23.7 Å². The summed E-state index contributed by atoms with van der Waals surface area (Å²) in [6, 6.07) is 17.5. The number of nitrogens with two attached hydrogens (primary N) is 1. The number of anilines is 3. The third-order valence-electron chi connectivity index (χ3n) is 8.08. The minimum absolute atomic E-state index is 0.0770. The Morgan fingerprint density at radius 1 is 0.935 bits per heavy atom. The Hall–Kier alpha value is -4.48. The highest BCUT2D eigenvalue weighted by Gasteiger charge is 2.30. The van der Waals surface area contributed by atoms with Crippen molar-refractivity contribution < 1.29 is 27.6 Å².